The molecule has 1 spiro atoms. The maximum atomic E-state index is 13.1. The maximum Gasteiger partial charge on any atom is 0.241 e. The van der Waals surface area contributed by atoms with E-state index in [-0.39, 0.29) is 23.4 Å². The molecular weight excluding hydrogens is 350 g/mol. The molecule has 7 heteroatoms. The highest BCUT2D eigenvalue weighted by molar-refractivity contribution is 7.89. The summed E-state index contributed by atoms with van der Waals surface area (Å²) in [5.41, 5.74) is -0.377. The Labute approximate surface area is 159 Å². The van der Waals surface area contributed by atoms with Crippen LogP contribution in [0.4, 0.5) is 0 Å². The molecule has 2 heterocycles. The van der Waals surface area contributed by atoms with Crippen LogP contribution in [-0.4, -0.2) is 60.6 Å². The second kappa shape index (κ2) is 8.57. The Bertz CT molecular complexity index is 583. The molecule has 2 aliphatic heterocycles. The standard InChI is InChI=1S/C19H37N3O3S/c1-6-12-26(24,25)21-10-8-19(9-11-21)20-17(13-15(3)4)18(23)22(19)14-16(5)7-2/h15-17,20H,6-14H2,1-5H3/t16-,17-/m1/s1. The zero-order chi connectivity index (χ0) is 19.5. The Hall–Kier alpha value is -0.660. The zero-order valence-corrected chi connectivity index (χ0v) is 17.9. The van der Waals surface area contributed by atoms with E-state index < -0.39 is 10.0 Å². The molecule has 0 aliphatic carbocycles. The molecule has 6 nitrogen and oxygen atoms in total. The van der Waals surface area contributed by atoms with Gasteiger partial charge in [0, 0.05) is 19.6 Å². The molecule has 1 N–H and O–H groups in total. The molecule has 1 amide bonds. The number of nitrogens with zero attached hydrogens (tertiary/aromatic N) is 2. The second-order valence-electron chi connectivity index (χ2n) is 8.54. The fourth-order valence-electron chi connectivity index (χ4n) is 4.14. The molecule has 26 heavy (non-hydrogen) atoms. The van der Waals surface area contributed by atoms with Crippen molar-refractivity contribution in [2.24, 2.45) is 11.8 Å². The Morgan fingerprint density at radius 2 is 1.81 bits per heavy atom. The Morgan fingerprint density at radius 1 is 1.19 bits per heavy atom. The molecule has 0 aromatic heterocycles. The molecule has 0 radical (unpaired) electrons. The monoisotopic (exact) mass is 387 g/mol. The molecule has 0 aromatic carbocycles. The van der Waals surface area contributed by atoms with Gasteiger partial charge in [0.15, 0.2) is 0 Å². The maximum absolute atomic E-state index is 13.1. The highest BCUT2D eigenvalue weighted by Crippen LogP contribution is 2.35. The molecular formula is C19H37N3O3S. The first-order valence-corrected chi connectivity index (χ1v) is 11.8. The molecule has 0 saturated carbocycles. The number of nitrogens with one attached hydrogen (secondary N) is 1. The lowest BCUT2D eigenvalue weighted by Crippen LogP contribution is -2.60. The van der Waals surface area contributed by atoms with Crippen LogP contribution >= 0.6 is 0 Å². The fraction of sp³-hybridized carbons (Fsp3) is 0.947. The first-order valence-electron chi connectivity index (χ1n) is 10.2. The molecule has 2 atom stereocenters. The van der Waals surface area contributed by atoms with Gasteiger partial charge in [-0.05, 0) is 37.5 Å². The van der Waals surface area contributed by atoms with E-state index in [0.717, 1.165) is 19.4 Å². The van der Waals surface area contributed by atoms with Crippen molar-refractivity contribution in [1.29, 1.82) is 0 Å². The largest absolute Gasteiger partial charge is 0.323 e. The number of rotatable bonds is 8. The summed E-state index contributed by atoms with van der Waals surface area (Å²) in [5.74, 6) is 1.29. The van der Waals surface area contributed by atoms with E-state index in [1.54, 1.807) is 4.31 Å². The molecule has 0 unspecified atom stereocenters. The van der Waals surface area contributed by atoms with Gasteiger partial charge >= 0.3 is 0 Å². The van der Waals surface area contributed by atoms with Crippen molar-refractivity contribution in [2.45, 2.75) is 78.4 Å². The van der Waals surface area contributed by atoms with Crippen LogP contribution in [0, 0.1) is 11.8 Å². The van der Waals surface area contributed by atoms with Crippen LogP contribution in [-0.2, 0) is 14.8 Å². The van der Waals surface area contributed by atoms with Crippen molar-refractivity contribution in [2.75, 3.05) is 25.4 Å². The summed E-state index contributed by atoms with van der Waals surface area (Å²) in [7, 11) is -3.17. The average Bonchev–Trinajstić information content (AvgIpc) is 2.80. The Kier molecular flexibility index (Phi) is 7.13. The van der Waals surface area contributed by atoms with E-state index in [2.05, 4.69) is 33.0 Å². The van der Waals surface area contributed by atoms with Crippen LogP contribution in [0.15, 0.2) is 0 Å². The molecule has 152 valence electrons. The van der Waals surface area contributed by atoms with Crippen LogP contribution in [0.2, 0.25) is 0 Å². The van der Waals surface area contributed by atoms with Gasteiger partial charge in [-0.25, -0.2) is 12.7 Å². The Balaban J connectivity index is 2.17. The molecule has 0 aromatic rings. The number of carbonyl (C=O) groups excluding carboxylic acids is 1. The van der Waals surface area contributed by atoms with E-state index >= 15 is 0 Å². The third-order valence-electron chi connectivity index (χ3n) is 5.83. The van der Waals surface area contributed by atoms with E-state index in [4.69, 9.17) is 0 Å². The minimum absolute atomic E-state index is 0.141. The molecule has 0 bridgehead atoms. The summed E-state index contributed by atoms with van der Waals surface area (Å²) < 4.78 is 26.4. The normalized spacial score (nSPS) is 25.4. The van der Waals surface area contributed by atoms with Gasteiger partial charge in [-0.15, -0.1) is 0 Å². The number of hydrogen-bond acceptors (Lipinski definition) is 4. The fourth-order valence-corrected chi connectivity index (χ4v) is 5.65. The SMILES string of the molecule is CCCS(=O)(=O)N1CCC2(CC1)N[C@H](CC(C)C)C(=O)N2C[C@H](C)CC. The number of amides is 1. The van der Waals surface area contributed by atoms with Crippen molar-refractivity contribution in [3.8, 4) is 0 Å². The lowest BCUT2D eigenvalue weighted by molar-refractivity contribution is -0.134. The van der Waals surface area contributed by atoms with Gasteiger partial charge in [0.05, 0.1) is 17.5 Å². The van der Waals surface area contributed by atoms with Gasteiger partial charge in [-0.3, -0.25) is 10.1 Å². The number of hydrogen-bond donors (Lipinski definition) is 1. The predicted molar refractivity (Wildman–Crippen MR) is 105 cm³/mol. The lowest BCUT2D eigenvalue weighted by atomic mass is 9.95. The van der Waals surface area contributed by atoms with E-state index in [1.807, 2.05) is 11.8 Å². The molecule has 2 fully saturated rings. The molecule has 2 rings (SSSR count). The van der Waals surface area contributed by atoms with Gasteiger partial charge < -0.3 is 4.90 Å². The van der Waals surface area contributed by atoms with Gasteiger partial charge in [-0.1, -0.05) is 41.0 Å². The molecule has 2 aliphatic rings. The van der Waals surface area contributed by atoms with Gasteiger partial charge in [0.2, 0.25) is 15.9 Å². The second-order valence-corrected chi connectivity index (χ2v) is 10.6. The van der Waals surface area contributed by atoms with Crippen molar-refractivity contribution >= 4 is 15.9 Å². The van der Waals surface area contributed by atoms with Crippen LogP contribution in [0.25, 0.3) is 0 Å². The summed E-state index contributed by atoms with van der Waals surface area (Å²) in [4.78, 5) is 15.1. The summed E-state index contributed by atoms with van der Waals surface area (Å²) in [5, 5.41) is 3.63. The first kappa shape index (κ1) is 21.6. The van der Waals surface area contributed by atoms with E-state index in [0.29, 0.717) is 44.2 Å². The number of piperidine rings is 1. The summed E-state index contributed by atoms with van der Waals surface area (Å²) in [6, 6.07) is -0.141. The predicted octanol–water partition coefficient (Wildman–Crippen LogP) is 2.41. The van der Waals surface area contributed by atoms with Crippen LogP contribution in [0.1, 0.15) is 66.7 Å². The summed E-state index contributed by atoms with van der Waals surface area (Å²) >= 11 is 0. The number of sulfonamides is 1. The van der Waals surface area contributed by atoms with Gasteiger partial charge in [-0.2, -0.15) is 0 Å². The quantitative estimate of drug-likeness (QED) is 0.694. The van der Waals surface area contributed by atoms with Crippen molar-refractivity contribution in [3.05, 3.63) is 0 Å². The highest BCUT2D eigenvalue weighted by atomic mass is 32.2. The third-order valence-corrected chi connectivity index (χ3v) is 7.90. The van der Waals surface area contributed by atoms with Crippen LogP contribution in [0.5, 0.6) is 0 Å². The first-order chi connectivity index (χ1) is 12.1. The van der Waals surface area contributed by atoms with Crippen LogP contribution < -0.4 is 5.32 Å². The highest BCUT2D eigenvalue weighted by Gasteiger charge is 2.52. The summed E-state index contributed by atoms with van der Waals surface area (Å²) in [6.45, 7) is 12.2. The minimum atomic E-state index is -3.17. The lowest BCUT2D eigenvalue weighted by Gasteiger charge is -2.45. The van der Waals surface area contributed by atoms with E-state index in [9.17, 15) is 13.2 Å². The number of carbonyl (C=O) groups is 1. The smallest absolute Gasteiger partial charge is 0.241 e. The van der Waals surface area contributed by atoms with Gasteiger partial charge in [0.25, 0.3) is 0 Å². The Morgan fingerprint density at radius 3 is 2.31 bits per heavy atom. The molecule has 2 saturated heterocycles. The van der Waals surface area contributed by atoms with Crippen molar-refractivity contribution < 1.29 is 13.2 Å². The topological polar surface area (TPSA) is 69.7 Å². The summed E-state index contributed by atoms with van der Waals surface area (Å²) in [6.07, 6.45) is 3.85. The third kappa shape index (κ3) is 4.60. The minimum Gasteiger partial charge on any atom is -0.323 e. The van der Waals surface area contributed by atoms with E-state index in [1.165, 1.54) is 0 Å². The average molecular weight is 388 g/mol. The van der Waals surface area contributed by atoms with Gasteiger partial charge in [0.1, 0.15) is 0 Å². The van der Waals surface area contributed by atoms with Crippen molar-refractivity contribution in [3.63, 3.8) is 0 Å². The van der Waals surface area contributed by atoms with Crippen molar-refractivity contribution in [1.82, 2.24) is 14.5 Å². The van der Waals surface area contributed by atoms with Crippen LogP contribution in [0.3, 0.4) is 0 Å². The zero-order valence-electron chi connectivity index (χ0n) is 17.1.